The molecule has 1 N–H and O–H groups in total. The molecule has 2 aromatic carbocycles. The molecule has 0 bridgehead atoms. The first-order chi connectivity index (χ1) is 20.9. The minimum absolute atomic E-state index is 0.124. The molecule has 1 aromatic heterocycles. The zero-order chi connectivity index (χ0) is 31.6. The van der Waals surface area contributed by atoms with E-state index in [4.69, 9.17) is 14.5 Å². The quantitative estimate of drug-likeness (QED) is 0.258. The summed E-state index contributed by atoms with van der Waals surface area (Å²) in [6, 6.07) is 17.6. The Hall–Kier alpha value is -3.71. The highest BCUT2D eigenvalue weighted by molar-refractivity contribution is 5.95. The van der Waals surface area contributed by atoms with Crippen LogP contribution in [-0.4, -0.2) is 41.7 Å². The number of carbonyl (C=O) groups excluding carboxylic acids is 2. The van der Waals surface area contributed by atoms with E-state index in [0.29, 0.717) is 17.5 Å². The summed E-state index contributed by atoms with van der Waals surface area (Å²) in [6.45, 7) is 15.9. The maximum absolute atomic E-state index is 13.7. The number of nitrogens with zero attached hydrogens (tertiary/aromatic N) is 2. The lowest BCUT2D eigenvalue weighted by Crippen LogP contribution is -2.38. The molecular formula is C37H47N3O4. The molecule has 0 radical (unpaired) electrons. The lowest BCUT2D eigenvalue weighted by Gasteiger charge is -2.39. The number of piperidine rings is 1. The van der Waals surface area contributed by atoms with Crippen LogP contribution >= 0.6 is 0 Å². The zero-order valence-corrected chi connectivity index (χ0v) is 27.3. The highest BCUT2D eigenvalue weighted by Gasteiger charge is 2.45. The van der Waals surface area contributed by atoms with Gasteiger partial charge in [-0.25, -0.2) is 4.79 Å². The molecule has 44 heavy (non-hydrogen) atoms. The fraction of sp³-hybridized carbons (Fsp3) is 0.486. The Balaban J connectivity index is 1.56. The van der Waals surface area contributed by atoms with Crippen LogP contribution in [0.2, 0.25) is 0 Å². The third-order valence-electron chi connectivity index (χ3n) is 8.71. The average molecular weight is 598 g/mol. The highest BCUT2D eigenvalue weighted by Crippen LogP contribution is 2.55. The van der Waals surface area contributed by atoms with Gasteiger partial charge < -0.3 is 19.7 Å². The van der Waals surface area contributed by atoms with Crippen LogP contribution in [0.15, 0.2) is 54.6 Å². The average Bonchev–Trinajstić information content (AvgIpc) is 3.73. The van der Waals surface area contributed by atoms with Gasteiger partial charge >= 0.3 is 5.97 Å². The van der Waals surface area contributed by atoms with Gasteiger partial charge in [0.2, 0.25) is 0 Å². The molecular weight excluding hydrogens is 550 g/mol. The van der Waals surface area contributed by atoms with Crippen LogP contribution in [0.4, 0.5) is 5.69 Å². The standard InChI is InChI=1S/C37H47N3O4/c1-24(2)43-35(42)33(44-36(5,6)7)31-26(4)39-25(3)30(32(31)40-21-19-37(17-18-37)20-22-40)28-13-15-29(16-14-28)34(41)38-23-27-11-9-8-10-12-27/h8-16,24,33H,17-23H2,1-7H3,(H,38,41). The Morgan fingerprint density at radius 3 is 2.14 bits per heavy atom. The van der Waals surface area contributed by atoms with E-state index >= 15 is 0 Å². The molecule has 1 saturated heterocycles. The Morgan fingerprint density at radius 1 is 0.932 bits per heavy atom. The number of nitrogens with one attached hydrogen (secondary N) is 1. The van der Waals surface area contributed by atoms with E-state index in [9.17, 15) is 9.59 Å². The van der Waals surface area contributed by atoms with Gasteiger partial charge in [-0.3, -0.25) is 9.78 Å². The van der Waals surface area contributed by atoms with Crippen LogP contribution in [-0.2, 0) is 20.8 Å². The van der Waals surface area contributed by atoms with Gasteiger partial charge in [-0.15, -0.1) is 0 Å². The van der Waals surface area contributed by atoms with Crippen molar-refractivity contribution in [3.63, 3.8) is 0 Å². The van der Waals surface area contributed by atoms with Crippen molar-refractivity contribution in [2.45, 2.75) is 98.5 Å². The number of anilines is 1. The molecule has 2 fully saturated rings. The lowest BCUT2D eigenvalue weighted by molar-refractivity contribution is -0.171. The van der Waals surface area contributed by atoms with Crippen molar-refractivity contribution in [1.82, 2.24) is 10.3 Å². The number of benzene rings is 2. The first-order valence-electron chi connectivity index (χ1n) is 15.9. The fourth-order valence-corrected chi connectivity index (χ4v) is 6.26. The minimum Gasteiger partial charge on any atom is -0.461 e. The molecule has 1 aliphatic carbocycles. The van der Waals surface area contributed by atoms with Crippen molar-refractivity contribution in [1.29, 1.82) is 0 Å². The summed E-state index contributed by atoms with van der Waals surface area (Å²) < 4.78 is 12.3. The number of aryl methyl sites for hydroxylation is 2. The molecule has 1 unspecified atom stereocenters. The van der Waals surface area contributed by atoms with Crippen LogP contribution in [0, 0.1) is 19.3 Å². The molecule has 2 aliphatic rings. The van der Waals surface area contributed by atoms with Crippen LogP contribution < -0.4 is 10.2 Å². The molecule has 7 heteroatoms. The summed E-state index contributed by atoms with van der Waals surface area (Å²) >= 11 is 0. The van der Waals surface area contributed by atoms with Crippen molar-refractivity contribution < 1.29 is 19.1 Å². The Kier molecular flexibility index (Phi) is 9.17. The summed E-state index contributed by atoms with van der Waals surface area (Å²) in [5.74, 6) is -0.530. The van der Waals surface area contributed by atoms with Crippen LogP contribution in [0.1, 0.15) is 99.3 Å². The summed E-state index contributed by atoms with van der Waals surface area (Å²) in [4.78, 5) is 34.1. The van der Waals surface area contributed by atoms with Crippen LogP contribution in [0.25, 0.3) is 11.1 Å². The van der Waals surface area contributed by atoms with Crippen LogP contribution in [0.3, 0.4) is 0 Å². The number of aromatic nitrogens is 1. The third kappa shape index (κ3) is 7.32. The lowest BCUT2D eigenvalue weighted by atomic mass is 9.89. The SMILES string of the molecule is Cc1nc(C)c(C(OC(C)(C)C)C(=O)OC(C)C)c(N2CCC3(CC2)CC3)c1-c1ccc(C(=O)NCc2ccccc2)cc1. The summed E-state index contributed by atoms with van der Waals surface area (Å²) in [7, 11) is 0. The van der Waals surface area contributed by atoms with Crippen molar-refractivity contribution in [2.24, 2.45) is 5.41 Å². The van der Waals surface area contributed by atoms with Crippen LogP contribution in [0.5, 0.6) is 0 Å². The summed E-state index contributed by atoms with van der Waals surface area (Å²) in [5, 5.41) is 3.02. The molecule has 1 atom stereocenters. The van der Waals surface area contributed by atoms with E-state index in [1.165, 1.54) is 12.8 Å². The smallest absolute Gasteiger partial charge is 0.340 e. The molecule has 1 saturated carbocycles. The molecule has 7 nitrogen and oxygen atoms in total. The number of carbonyl (C=O) groups is 2. The maximum Gasteiger partial charge on any atom is 0.340 e. The van der Waals surface area contributed by atoms with Gasteiger partial charge in [0.05, 0.1) is 17.4 Å². The predicted octanol–water partition coefficient (Wildman–Crippen LogP) is 7.48. The van der Waals surface area contributed by atoms with E-state index < -0.39 is 17.7 Å². The molecule has 234 valence electrons. The molecule has 2 heterocycles. The van der Waals surface area contributed by atoms with E-state index in [1.807, 2.05) is 103 Å². The fourth-order valence-electron chi connectivity index (χ4n) is 6.26. The van der Waals surface area contributed by atoms with Gasteiger partial charge in [-0.2, -0.15) is 0 Å². The van der Waals surface area contributed by atoms with Crippen molar-refractivity contribution >= 4 is 17.6 Å². The Morgan fingerprint density at radius 2 is 1.57 bits per heavy atom. The number of hydrogen-bond acceptors (Lipinski definition) is 6. The summed E-state index contributed by atoms with van der Waals surface area (Å²) in [6.07, 6.45) is 3.67. The number of pyridine rings is 1. The Labute approximate surface area is 262 Å². The minimum atomic E-state index is -0.931. The molecule has 3 aromatic rings. The van der Waals surface area contributed by atoms with Gasteiger partial charge in [0.25, 0.3) is 5.91 Å². The van der Waals surface area contributed by atoms with E-state index in [2.05, 4.69) is 10.2 Å². The highest BCUT2D eigenvalue weighted by atomic mass is 16.6. The second-order valence-corrected chi connectivity index (χ2v) is 13.7. The van der Waals surface area contributed by atoms with E-state index in [1.54, 1.807) is 0 Å². The van der Waals surface area contributed by atoms with Crippen molar-refractivity contribution in [3.8, 4) is 11.1 Å². The van der Waals surface area contributed by atoms with Gasteiger partial charge in [0.15, 0.2) is 6.10 Å². The van der Waals surface area contributed by atoms with Crippen molar-refractivity contribution in [2.75, 3.05) is 18.0 Å². The second kappa shape index (κ2) is 12.7. The molecule has 5 rings (SSSR count). The second-order valence-electron chi connectivity index (χ2n) is 13.7. The largest absolute Gasteiger partial charge is 0.461 e. The number of ether oxygens (including phenoxy) is 2. The zero-order valence-electron chi connectivity index (χ0n) is 27.3. The number of amides is 1. The van der Waals surface area contributed by atoms with E-state index in [0.717, 1.165) is 65.3 Å². The predicted molar refractivity (Wildman–Crippen MR) is 175 cm³/mol. The van der Waals surface area contributed by atoms with Gasteiger partial charge in [0, 0.05) is 47.7 Å². The first kappa shape index (κ1) is 31.7. The van der Waals surface area contributed by atoms with Gasteiger partial charge in [-0.1, -0.05) is 42.5 Å². The molecule has 1 spiro atoms. The van der Waals surface area contributed by atoms with Crippen molar-refractivity contribution in [3.05, 3.63) is 82.7 Å². The third-order valence-corrected chi connectivity index (χ3v) is 8.71. The number of hydrogen-bond donors (Lipinski definition) is 1. The van der Waals surface area contributed by atoms with Gasteiger partial charge in [-0.05, 0) is 103 Å². The normalized spacial score (nSPS) is 16.6. The Bertz CT molecular complexity index is 1480. The first-order valence-corrected chi connectivity index (χ1v) is 15.9. The van der Waals surface area contributed by atoms with Gasteiger partial charge in [0.1, 0.15) is 0 Å². The summed E-state index contributed by atoms with van der Waals surface area (Å²) in [5.41, 5.74) is 6.84. The maximum atomic E-state index is 13.7. The molecule has 1 amide bonds. The number of rotatable bonds is 9. The molecule has 1 aliphatic heterocycles. The van der Waals surface area contributed by atoms with E-state index in [-0.39, 0.29) is 12.0 Å². The topological polar surface area (TPSA) is 80.8 Å². The number of esters is 1. The monoisotopic (exact) mass is 597 g/mol.